The molecule has 1 atom stereocenters. The van der Waals surface area contributed by atoms with E-state index in [2.05, 4.69) is 40.1 Å². The summed E-state index contributed by atoms with van der Waals surface area (Å²) in [6, 6.07) is 10.5. The van der Waals surface area contributed by atoms with Crippen LogP contribution in [0.15, 0.2) is 53.9 Å². The van der Waals surface area contributed by atoms with Gasteiger partial charge < -0.3 is 9.14 Å². The third kappa shape index (κ3) is 3.97. The summed E-state index contributed by atoms with van der Waals surface area (Å²) in [6.45, 7) is 3.55. The van der Waals surface area contributed by atoms with Crippen LogP contribution in [0.25, 0.3) is 17.0 Å². The number of hydrogen-bond acceptors (Lipinski definition) is 5. The maximum Gasteiger partial charge on any atom is 0.191 e. The van der Waals surface area contributed by atoms with E-state index in [0.717, 1.165) is 47.3 Å². The van der Waals surface area contributed by atoms with E-state index in [4.69, 9.17) is 9.72 Å². The first-order chi connectivity index (χ1) is 14.7. The molecule has 154 valence electrons. The molecule has 0 N–H and O–H groups in total. The molecule has 8 heteroatoms. The summed E-state index contributed by atoms with van der Waals surface area (Å²) in [5.41, 5.74) is 3.96. The van der Waals surface area contributed by atoms with Crippen molar-refractivity contribution in [2.45, 2.75) is 43.3 Å². The molecular formula is C22H22FN5OS. The minimum atomic E-state index is -0.263. The molecule has 5 rings (SSSR count). The fraction of sp³-hybridized carbons (Fsp3) is 0.318. The van der Waals surface area contributed by atoms with Gasteiger partial charge in [-0.25, -0.2) is 9.37 Å². The minimum absolute atomic E-state index is 0.151. The van der Waals surface area contributed by atoms with Gasteiger partial charge in [0.25, 0.3) is 0 Å². The third-order valence-corrected chi connectivity index (χ3v) is 6.23. The zero-order chi connectivity index (χ0) is 20.5. The van der Waals surface area contributed by atoms with E-state index >= 15 is 0 Å². The van der Waals surface area contributed by atoms with Crippen LogP contribution in [0.1, 0.15) is 24.1 Å². The van der Waals surface area contributed by atoms with Crippen LogP contribution in [0, 0.1) is 12.7 Å². The van der Waals surface area contributed by atoms with Gasteiger partial charge in [0.05, 0.1) is 18.3 Å². The lowest BCUT2D eigenvalue weighted by atomic mass is 10.2. The highest BCUT2D eigenvalue weighted by Crippen LogP contribution is 2.28. The van der Waals surface area contributed by atoms with Crippen LogP contribution in [0.2, 0.25) is 0 Å². The number of aryl methyl sites for hydroxylation is 1. The minimum Gasteiger partial charge on any atom is -0.376 e. The van der Waals surface area contributed by atoms with Gasteiger partial charge in [-0.1, -0.05) is 17.8 Å². The zero-order valence-electron chi connectivity index (χ0n) is 16.7. The molecule has 1 aromatic carbocycles. The lowest BCUT2D eigenvalue weighted by Crippen LogP contribution is -2.16. The van der Waals surface area contributed by atoms with E-state index in [0.29, 0.717) is 12.3 Å². The Balaban J connectivity index is 1.41. The Morgan fingerprint density at radius 3 is 2.80 bits per heavy atom. The van der Waals surface area contributed by atoms with Gasteiger partial charge >= 0.3 is 0 Å². The normalized spacial score (nSPS) is 16.5. The number of nitrogens with zero attached hydrogens (tertiary/aromatic N) is 5. The summed E-state index contributed by atoms with van der Waals surface area (Å²) in [5.74, 6) is 1.16. The van der Waals surface area contributed by atoms with Crippen LogP contribution in [-0.2, 0) is 17.0 Å². The molecule has 30 heavy (non-hydrogen) atoms. The lowest BCUT2D eigenvalue weighted by molar-refractivity contribution is 0.0953. The van der Waals surface area contributed by atoms with E-state index < -0.39 is 0 Å². The first-order valence-electron chi connectivity index (χ1n) is 10.0. The van der Waals surface area contributed by atoms with E-state index in [1.165, 1.54) is 17.7 Å². The van der Waals surface area contributed by atoms with Crippen LogP contribution >= 0.6 is 11.8 Å². The maximum absolute atomic E-state index is 13.4. The fourth-order valence-electron chi connectivity index (χ4n) is 3.73. The molecule has 1 saturated heterocycles. The predicted molar refractivity (Wildman–Crippen MR) is 114 cm³/mol. The molecule has 0 aliphatic carbocycles. The fourth-order valence-corrected chi connectivity index (χ4v) is 4.56. The Bertz CT molecular complexity index is 1160. The quantitative estimate of drug-likeness (QED) is 0.427. The molecule has 1 unspecified atom stereocenters. The molecule has 4 aromatic rings. The van der Waals surface area contributed by atoms with Gasteiger partial charge in [-0.05, 0) is 55.7 Å². The van der Waals surface area contributed by atoms with Crippen LogP contribution < -0.4 is 0 Å². The van der Waals surface area contributed by atoms with E-state index in [-0.39, 0.29) is 11.9 Å². The topological polar surface area (TPSA) is 57.2 Å². The molecule has 1 aliphatic heterocycles. The highest BCUT2D eigenvalue weighted by atomic mass is 32.2. The highest BCUT2D eigenvalue weighted by Gasteiger charge is 2.22. The maximum atomic E-state index is 13.4. The van der Waals surface area contributed by atoms with Crippen LogP contribution in [-0.4, -0.2) is 36.9 Å². The van der Waals surface area contributed by atoms with Crippen molar-refractivity contribution in [3.05, 3.63) is 65.9 Å². The summed E-state index contributed by atoms with van der Waals surface area (Å²) in [4.78, 5) is 4.69. The predicted octanol–water partition coefficient (Wildman–Crippen LogP) is 4.51. The van der Waals surface area contributed by atoms with Gasteiger partial charge in [0.2, 0.25) is 0 Å². The van der Waals surface area contributed by atoms with Gasteiger partial charge in [0.1, 0.15) is 11.5 Å². The number of aromatic nitrogens is 5. The first kappa shape index (κ1) is 19.3. The number of thioether (sulfide) groups is 1. The number of pyridine rings is 1. The SMILES string of the molecule is Cc1ccc2nc(CSc3nnc(-c4ccc(F)cc4)n3CC3CCCO3)cn2c1. The molecule has 1 fully saturated rings. The number of hydrogen-bond donors (Lipinski definition) is 0. The summed E-state index contributed by atoms with van der Waals surface area (Å²) in [7, 11) is 0. The van der Waals surface area contributed by atoms with Crippen molar-refractivity contribution < 1.29 is 9.13 Å². The second-order valence-corrected chi connectivity index (χ2v) is 8.49. The van der Waals surface area contributed by atoms with Crippen molar-refractivity contribution in [2.24, 2.45) is 0 Å². The van der Waals surface area contributed by atoms with Gasteiger partial charge in [-0.3, -0.25) is 4.57 Å². The summed E-state index contributed by atoms with van der Waals surface area (Å²) < 4.78 is 23.4. The number of halogens is 1. The van der Waals surface area contributed by atoms with Crippen molar-refractivity contribution in [3.63, 3.8) is 0 Å². The average molecular weight is 424 g/mol. The zero-order valence-corrected chi connectivity index (χ0v) is 17.5. The molecular weight excluding hydrogens is 401 g/mol. The number of ether oxygens (including phenoxy) is 1. The van der Waals surface area contributed by atoms with Gasteiger partial charge in [0.15, 0.2) is 11.0 Å². The molecule has 0 radical (unpaired) electrons. The van der Waals surface area contributed by atoms with E-state index in [9.17, 15) is 4.39 Å². The third-order valence-electron chi connectivity index (χ3n) is 5.23. The monoisotopic (exact) mass is 423 g/mol. The number of fused-ring (bicyclic) bond motifs is 1. The van der Waals surface area contributed by atoms with Gasteiger partial charge in [-0.15, -0.1) is 10.2 Å². The second kappa shape index (κ2) is 8.20. The molecule has 0 spiro atoms. The second-order valence-electron chi connectivity index (χ2n) is 7.55. The number of imidazole rings is 1. The molecule has 0 amide bonds. The largest absolute Gasteiger partial charge is 0.376 e. The van der Waals surface area contributed by atoms with Gasteiger partial charge in [0, 0.05) is 30.3 Å². The first-order valence-corrected chi connectivity index (χ1v) is 11.0. The smallest absolute Gasteiger partial charge is 0.191 e. The van der Waals surface area contributed by atoms with Crippen molar-refractivity contribution in [1.29, 1.82) is 0 Å². The van der Waals surface area contributed by atoms with Crippen molar-refractivity contribution in [2.75, 3.05) is 6.61 Å². The Labute approximate surface area is 178 Å². The summed E-state index contributed by atoms with van der Waals surface area (Å²) in [6.07, 6.45) is 6.37. The Morgan fingerprint density at radius 1 is 1.13 bits per heavy atom. The van der Waals surface area contributed by atoms with E-state index in [1.54, 1.807) is 23.9 Å². The average Bonchev–Trinajstić information content (AvgIpc) is 3.47. The molecule has 0 saturated carbocycles. The van der Waals surface area contributed by atoms with Crippen LogP contribution in [0.3, 0.4) is 0 Å². The molecule has 6 nitrogen and oxygen atoms in total. The van der Waals surface area contributed by atoms with Crippen LogP contribution in [0.5, 0.6) is 0 Å². The Hall–Kier alpha value is -2.71. The van der Waals surface area contributed by atoms with Gasteiger partial charge in [-0.2, -0.15) is 0 Å². The Morgan fingerprint density at radius 2 is 2.00 bits per heavy atom. The van der Waals surface area contributed by atoms with E-state index in [1.807, 2.05) is 10.5 Å². The number of rotatable bonds is 6. The summed E-state index contributed by atoms with van der Waals surface area (Å²) in [5, 5.41) is 9.66. The van der Waals surface area contributed by atoms with Crippen molar-refractivity contribution in [1.82, 2.24) is 24.1 Å². The highest BCUT2D eigenvalue weighted by molar-refractivity contribution is 7.98. The van der Waals surface area contributed by atoms with Crippen molar-refractivity contribution in [3.8, 4) is 11.4 Å². The molecule has 3 aromatic heterocycles. The standard InChI is InChI=1S/C22H22FN5OS/c1-15-4-9-20-24-18(12-27(20)11-15)14-30-22-26-25-21(16-5-7-17(23)8-6-16)28(22)13-19-3-2-10-29-19/h4-9,11-12,19H,2-3,10,13-14H2,1H3. The molecule has 0 bridgehead atoms. The number of benzene rings is 1. The Kier molecular flexibility index (Phi) is 5.26. The lowest BCUT2D eigenvalue weighted by Gasteiger charge is -2.14. The summed E-state index contributed by atoms with van der Waals surface area (Å²) >= 11 is 1.61. The van der Waals surface area contributed by atoms with Crippen LogP contribution in [0.4, 0.5) is 4.39 Å². The van der Waals surface area contributed by atoms with Crippen molar-refractivity contribution >= 4 is 17.4 Å². The molecule has 1 aliphatic rings. The molecule has 4 heterocycles.